The van der Waals surface area contributed by atoms with Crippen molar-refractivity contribution in [1.29, 1.82) is 0 Å². The summed E-state index contributed by atoms with van der Waals surface area (Å²) in [5.74, 6) is 0.0257. The van der Waals surface area contributed by atoms with Crippen molar-refractivity contribution in [3.8, 4) is 0 Å². The molecule has 0 saturated heterocycles. The van der Waals surface area contributed by atoms with Crippen molar-refractivity contribution >= 4 is 5.97 Å². The maximum atomic E-state index is 11.9. The Balaban J connectivity index is 0. The van der Waals surface area contributed by atoms with E-state index in [-0.39, 0.29) is 5.97 Å². The molecule has 0 saturated carbocycles. The molecule has 620 valence electrons. The van der Waals surface area contributed by atoms with Gasteiger partial charge < -0.3 is 9.47 Å². The zero-order valence-electron chi connectivity index (χ0n) is 73.2. The third-order valence-electron chi connectivity index (χ3n) is 23.6. The Labute approximate surface area is 654 Å². The molecule has 0 N–H and O–H groups in total. The number of ether oxygens (including phenoxy) is 2. The smallest absolute Gasteiger partial charge is 0.305 e. The number of rotatable bonds is 93. The summed E-state index contributed by atoms with van der Waals surface area (Å²) >= 11 is 0. The molecule has 0 spiro atoms. The van der Waals surface area contributed by atoms with Gasteiger partial charge in [0.2, 0.25) is 0 Å². The van der Waals surface area contributed by atoms with Gasteiger partial charge in [0, 0.05) is 6.42 Å². The van der Waals surface area contributed by atoms with Crippen LogP contribution in [0.5, 0.6) is 0 Å². The van der Waals surface area contributed by atoms with E-state index in [1.807, 2.05) is 0 Å². The van der Waals surface area contributed by atoms with E-state index in [4.69, 9.17) is 9.47 Å². The van der Waals surface area contributed by atoms with Crippen LogP contribution in [0.1, 0.15) is 619 Å². The van der Waals surface area contributed by atoms with Gasteiger partial charge in [-0.1, -0.05) is 574 Å². The topological polar surface area (TPSA) is 35.5 Å². The normalized spacial score (nSPS) is 12.2. The van der Waals surface area contributed by atoms with Gasteiger partial charge in [0.1, 0.15) is 0 Å². The Hall–Kier alpha value is -0.570. The lowest BCUT2D eigenvalue weighted by molar-refractivity contribution is -0.143. The van der Waals surface area contributed by atoms with Crippen LogP contribution in [-0.2, 0) is 14.3 Å². The molecule has 0 heterocycles. The Morgan fingerprint density at radius 1 is 0.165 bits per heavy atom. The summed E-state index contributed by atoms with van der Waals surface area (Å²) < 4.78 is 12.7. The van der Waals surface area contributed by atoms with Crippen molar-refractivity contribution in [2.24, 2.45) is 0 Å². The summed E-state index contributed by atoms with van der Waals surface area (Å²) in [6, 6.07) is 0. The SMILES string of the molecule is CCCCCCCCCCCCCCCCCC(CCCCCCCCCCCCCCCC)OC(CCCCCCCCCCCCCCCC)CCCCCCCCCCCCCCCCC.CCCCCCCCCCCCCCCCOC(=O)CCCCCCCCCCCCCCC. The van der Waals surface area contributed by atoms with Crippen molar-refractivity contribution in [2.45, 2.75) is 632 Å². The lowest BCUT2D eigenvalue weighted by atomic mass is 9.98. The van der Waals surface area contributed by atoms with Crippen LogP contribution < -0.4 is 0 Å². The minimum atomic E-state index is 0.0257. The van der Waals surface area contributed by atoms with Crippen LogP contribution in [-0.4, -0.2) is 24.8 Å². The van der Waals surface area contributed by atoms with Gasteiger partial charge >= 0.3 is 5.97 Å². The quantitative estimate of drug-likeness (QED) is 0.0450. The molecule has 0 aliphatic heterocycles. The van der Waals surface area contributed by atoms with Crippen molar-refractivity contribution < 1.29 is 14.3 Å². The van der Waals surface area contributed by atoms with Crippen LogP contribution in [0.4, 0.5) is 0 Å². The molecule has 0 aromatic rings. The molecule has 3 nitrogen and oxygen atoms in total. The van der Waals surface area contributed by atoms with Gasteiger partial charge in [-0.2, -0.15) is 0 Å². The number of esters is 1. The summed E-state index contributed by atoms with van der Waals surface area (Å²) in [5, 5.41) is 0. The second-order valence-electron chi connectivity index (χ2n) is 34.4. The molecule has 2 unspecified atom stereocenters. The molecule has 3 heteroatoms. The monoisotopic (exact) mass is 1450 g/mol. The Bertz CT molecular complexity index is 1360. The summed E-state index contributed by atoms with van der Waals surface area (Å²) in [7, 11) is 0. The van der Waals surface area contributed by atoms with E-state index in [1.165, 1.54) is 559 Å². The Kier molecular flexibility index (Phi) is 101. The number of carbonyl (C=O) groups excluding carboxylic acids is 1. The van der Waals surface area contributed by atoms with Gasteiger partial charge in [0.15, 0.2) is 0 Å². The van der Waals surface area contributed by atoms with Crippen molar-refractivity contribution in [2.75, 3.05) is 6.61 Å². The Morgan fingerprint density at radius 2 is 0.291 bits per heavy atom. The van der Waals surface area contributed by atoms with Crippen molar-refractivity contribution in [3.63, 3.8) is 0 Å². The number of carbonyl (C=O) groups is 1. The Morgan fingerprint density at radius 3 is 0.447 bits per heavy atom. The van der Waals surface area contributed by atoms with Crippen LogP contribution in [0.3, 0.4) is 0 Å². The molecule has 0 amide bonds. The molecule has 0 radical (unpaired) electrons. The summed E-state index contributed by atoms with van der Waals surface area (Å²) in [6.07, 6.45) is 128. The summed E-state index contributed by atoms with van der Waals surface area (Å²) in [4.78, 5) is 11.9. The van der Waals surface area contributed by atoms with Gasteiger partial charge in [-0.05, 0) is 38.5 Å². The highest BCUT2D eigenvalue weighted by Gasteiger charge is 2.17. The van der Waals surface area contributed by atoms with Crippen LogP contribution >= 0.6 is 0 Å². The van der Waals surface area contributed by atoms with E-state index < -0.39 is 0 Å². The lowest BCUT2D eigenvalue weighted by Crippen LogP contribution is -2.23. The fraction of sp³-hybridized carbons (Fsp3) is 0.990. The van der Waals surface area contributed by atoms with Crippen LogP contribution in [0.2, 0.25) is 0 Å². The predicted molar refractivity (Wildman–Crippen MR) is 469 cm³/mol. The van der Waals surface area contributed by atoms with E-state index in [0.29, 0.717) is 25.2 Å². The molecule has 0 aliphatic carbocycles. The van der Waals surface area contributed by atoms with E-state index in [9.17, 15) is 4.79 Å². The maximum absolute atomic E-state index is 11.9. The van der Waals surface area contributed by atoms with Crippen LogP contribution in [0.15, 0.2) is 0 Å². The molecule has 103 heavy (non-hydrogen) atoms. The molecule has 0 aromatic carbocycles. The van der Waals surface area contributed by atoms with E-state index in [1.54, 1.807) is 0 Å². The fourth-order valence-electron chi connectivity index (χ4n) is 16.3. The van der Waals surface area contributed by atoms with Crippen molar-refractivity contribution in [1.82, 2.24) is 0 Å². The first-order valence-corrected chi connectivity index (χ1v) is 49.9. The third-order valence-corrected chi connectivity index (χ3v) is 23.6. The van der Waals surface area contributed by atoms with E-state index in [0.717, 1.165) is 12.8 Å². The molecule has 2 atom stereocenters. The minimum absolute atomic E-state index is 0.0257. The third kappa shape index (κ3) is 97.5. The molecule has 0 aliphatic rings. The largest absolute Gasteiger partial charge is 0.466 e. The highest BCUT2D eigenvalue weighted by atomic mass is 16.5. The van der Waals surface area contributed by atoms with Crippen molar-refractivity contribution in [3.05, 3.63) is 0 Å². The molecule has 0 bridgehead atoms. The number of unbranched alkanes of at least 4 members (excludes halogenated alkanes) is 79. The summed E-state index contributed by atoms with van der Waals surface area (Å²) in [6.45, 7) is 14.5. The standard InChI is InChI=1S/C68H138O.C32H64O2/c1-5-9-13-17-21-25-29-33-37-41-45-49-53-57-61-65-67(63-59-55-51-47-43-39-35-31-27-23-19-15-11-7-3)69-68(64-60-56-52-48-44-40-36-32-28-24-20-16-12-8-4)66-62-58-54-50-46-42-38-34-30-26-22-18-14-10-6-2;1-3-5-7-9-11-13-15-17-19-21-23-25-27-29-31-34-32(33)30-28-26-24-22-20-18-16-14-12-10-8-6-4-2/h67-68H,5-66H2,1-4H3;3-31H2,1-2H3. The zero-order chi connectivity index (χ0) is 74.5. The highest BCUT2D eigenvalue weighted by Crippen LogP contribution is 2.26. The second kappa shape index (κ2) is 99.4. The lowest BCUT2D eigenvalue weighted by Gasteiger charge is -2.26. The van der Waals surface area contributed by atoms with Crippen LogP contribution in [0.25, 0.3) is 0 Å². The van der Waals surface area contributed by atoms with Gasteiger partial charge in [-0.3, -0.25) is 4.79 Å². The highest BCUT2D eigenvalue weighted by molar-refractivity contribution is 5.69. The van der Waals surface area contributed by atoms with Gasteiger partial charge in [0.25, 0.3) is 0 Å². The average Bonchev–Trinajstić information content (AvgIpc) is 1.40. The first-order chi connectivity index (χ1) is 51.1. The summed E-state index contributed by atoms with van der Waals surface area (Å²) in [5.41, 5.74) is 0. The van der Waals surface area contributed by atoms with Gasteiger partial charge in [0.05, 0.1) is 18.8 Å². The van der Waals surface area contributed by atoms with E-state index in [2.05, 4.69) is 41.5 Å². The van der Waals surface area contributed by atoms with Gasteiger partial charge in [-0.25, -0.2) is 0 Å². The average molecular weight is 1450 g/mol. The minimum Gasteiger partial charge on any atom is -0.466 e. The van der Waals surface area contributed by atoms with Gasteiger partial charge in [-0.15, -0.1) is 0 Å². The zero-order valence-corrected chi connectivity index (χ0v) is 73.2. The number of hydrogen-bond donors (Lipinski definition) is 0. The predicted octanol–water partition coefficient (Wildman–Crippen LogP) is 37.5. The molecular weight excluding hydrogens is 1250 g/mol. The molecule has 0 fully saturated rings. The number of hydrogen-bond acceptors (Lipinski definition) is 3. The van der Waals surface area contributed by atoms with E-state index >= 15 is 0 Å². The first kappa shape index (κ1) is 104. The molecular formula is C100H202O3. The maximum Gasteiger partial charge on any atom is 0.305 e. The first-order valence-electron chi connectivity index (χ1n) is 49.9. The second-order valence-corrected chi connectivity index (χ2v) is 34.4. The fourth-order valence-corrected chi connectivity index (χ4v) is 16.3. The van der Waals surface area contributed by atoms with Crippen LogP contribution in [0, 0.1) is 0 Å². The molecule has 0 aromatic heterocycles. The molecule has 0 rings (SSSR count).